The van der Waals surface area contributed by atoms with Crippen LogP contribution in [0.3, 0.4) is 0 Å². The molecule has 2 aromatic heterocycles. The third-order valence-corrected chi connectivity index (χ3v) is 2.28. The molecule has 2 heterocycles. The molecule has 72 valence electrons. The summed E-state index contributed by atoms with van der Waals surface area (Å²) >= 11 is 0. The van der Waals surface area contributed by atoms with Gasteiger partial charge in [-0.1, -0.05) is 6.07 Å². The van der Waals surface area contributed by atoms with Gasteiger partial charge in [-0.3, -0.25) is 9.78 Å². The van der Waals surface area contributed by atoms with Crippen LogP contribution in [-0.4, -0.2) is 9.97 Å². The van der Waals surface area contributed by atoms with E-state index in [1.54, 1.807) is 18.3 Å². The lowest BCUT2D eigenvalue weighted by Crippen LogP contribution is -2.04. The zero-order valence-electron chi connectivity index (χ0n) is 7.68. The van der Waals surface area contributed by atoms with E-state index < -0.39 is 0 Å². The average molecular weight is 198 g/mol. The van der Waals surface area contributed by atoms with E-state index in [-0.39, 0.29) is 5.56 Å². The Morgan fingerprint density at radius 2 is 2.13 bits per heavy atom. The van der Waals surface area contributed by atoms with Crippen LogP contribution in [0.5, 0.6) is 0 Å². The maximum atomic E-state index is 11.4. The van der Waals surface area contributed by atoms with Gasteiger partial charge in [0, 0.05) is 17.6 Å². The second kappa shape index (κ2) is 2.88. The summed E-state index contributed by atoms with van der Waals surface area (Å²) in [6, 6.07) is 7.21. The molecule has 4 heteroatoms. The lowest BCUT2D eigenvalue weighted by molar-refractivity contribution is 0.576. The molecule has 0 aliphatic rings. The molecule has 0 bridgehead atoms. The van der Waals surface area contributed by atoms with Crippen molar-refractivity contribution in [2.75, 3.05) is 0 Å². The molecule has 0 amide bonds. The first-order chi connectivity index (χ1) is 7.34. The van der Waals surface area contributed by atoms with E-state index in [1.807, 2.05) is 12.1 Å². The van der Waals surface area contributed by atoms with E-state index in [0.29, 0.717) is 11.0 Å². The van der Waals surface area contributed by atoms with E-state index in [1.165, 1.54) is 0 Å². The number of pyridine rings is 1. The minimum atomic E-state index is -0.276. The zero-order valence-corrected chi connectivity index (χ0v) is 7.68. The number of hydrogen-bond acceptors (Lipinski definition) is 4. The van der Waals surface area contributed by atoms with Crippen molar-refractivity contribution in [1.82, 2.24) is 9.97 Å². The van der Waals surface area contributed by atoms with E-state index in [2.05, 4.69) is 9.97 Å². The van der Waals surface area contributed by atoms with Gasteiger partial charge < -0.3 is 4.42 Å². The van der Waals surface area contributed by atoms with Gasteiger partial charge in [0.15, 0.2) is 6.39 Å². The molecule has 0 atom stereocenters. The quantitative estimate of drug-likeness (QED) is 0.516. The minimum absolute atomic E-state index is 0.276. The van der Waals surface area contributed by atoms with Crippen LogP contribution in [0.2, 0.25) is 0 Å². The van der Waals surface area contributed by atoms with Crippen molar-refractivity contribution in [3.05, 3.63) is 47.2 Å². The van der Waals surface area contributed by atoms with E-state index >= 15 is 0 Å². The Morgan fingerprint density at radius 3 is 3.07 bits per heavy atom. The van der Waals surface area contributed by atoms with Gasteiger partial charge in [0.1, 0.15) is 5.58 Å². The summed E-state index contributed by atoms with van der Waals surface area (Å²) in [5.74, 6) is 0. The molecule has 0 radical (unpaired) electrons. The van der Waals surface area contributed by atoms with Crippen molar-refractivity contribution in [3.63, 3.8) is 0 Å². The maximum Gasteiger partial charge on any atom is 0.283 e. The lowest BCUT2D eigenvalue weighted by Gasteiger charge is -1.98. The van der Waals surface area contributed by atoms with Gasteiger partial charge in [-0.15, -0.1) is 0 Å². The van der Waals surface area contributed by atoms with Crippen molar-refractivity contribution in [3.8, 4) is 0 Å². The van der Waals surface area contributed by atoms with Crippen LogP contribution in [0, 0.1) is 0 Å². The zero-order chi connectivity index (χ0) is 10.3. The first-order valence-electron chi connectivity index (χ1n) is 4.47. The van der Waals surface area contributed by atoms with Crippen LogP contribution in [0.15, 0.2) is 46.1 Å². The third-order valence-electron chi connectivity index (χ3n) is 2.28. The van der Waals surface area contributed by atoms with Gasteiger partial charge in [0.05, 0.1) is 10.9 Å². The third kappa shape index (κ3) is 1.19. The van der Waals surface area contributed by atoms with Crippen molar-refractivity contribution >= 4 is 21.9 Å². The summed E-state index contributed by atoms with van der Waals surface area (Å²) in [5, 5.41) is 1.39. The molecule has 0 saturated carbocycles. The van der Waals surface area contributed by atoms with E-state index in [9.17, 15) is 4.79 Å². The molecule has 0 saturated heterocycles. The number of nitrogens with zero attached hydrogens (tertiary/aromatic N) is 2. The number of aromatic nitrogens is 2. The monoisotopic (exact) mass is 198 g/mol. The SMILES string of the molecule is O=c1ncoc2cc3ncccc3cc12. The summed E-state index contributed by atoms with van der Waals surface area (Å²) in [5.41, 5.74) is 1.04. The smallest absolute Gasteiger partial charge is 0.283 e. The molecule has 0 spiro atoms. The molecule has 0 fully saturated rings. The Labute approximate surface area is 84.2 Å². The fourth-order valence-corrected chi connectivity index (χ4v) is 1.57. The van der Waals surface area contributed by atoms with Crippen molar-refractivity contribution < 1.29 is 4.42 Å². The fraction of sp³-hybridized carbons (Fsp3) is 0. The Bertz CT molecular complexity index is 703. The van der Waals surface area contributed by atoms with Crippen LogP contribution in [0.4, 0.5) is 0 Å². The Balaban J connectivity index is 2.59. The average Bonchev–Trinajstić information content (AvgIpc) is 2.27. The first kappa shape index (κ1) is 8.11. The molecule has 3 aromatic rings. The fourth-order valence-electron chi connectivity index (χ4n) is 1.57. The molecule has 15 heavy (non-hydrogen) atoms. The van der Waals surface area contributed by atoms with Crippen molar-refractivity contribution in [1.29, 1.82) is 0 Å². The molecular formula is C11H6N2O2. The summed E-state index contributed by atoms with van der Waals surface area (Å²) < 4.78 is 5.15. The van der Waals surface area contributed by atoms with Crippen LogP contribution >= 0.6 is 0 Å². The van der Waals surface area contributed by atoms with Crippen LogP contribution in [-0.2, 0) is 0 Å². The molecule has 4 nitrogen and oxygen atoms in total. The predicted molar refractivity (Wildman–Crippen MR) is 55.6 cm³/mol. The summed E-state index contributed by atoms with van der Waals surface area (Å²) in [7, 11) is 0. The second-order valence-corrected chi connectivity index (χ2v) is 3.20. The standard InChI is InChI=1S/C11H6N2O2/c14-11-8-4-7-2-1-3-12-9(7)5-10(8)15-6-13-11/h1-6H. The summed E-state index contributed by atoms with van der Waals surface area (Å²) in [4.78, 5) is 19.2. The highest BCUT2D eigenvalue weighted by molar-refractivity contribution is 5.92. The van der Waals surface area contributed by atoms with Crippen LogP contribution in [0.25, 0.3) is 21.9 Å². The summed E-state index contributed by atoms with van der Waals surface area (Å²) in [6.07, 6.45) is 2.85. The van der Waals surface area contributed by atoms with E-state index in [4.69, 9.17) is 4.42 Å². The Kier molecular flexibility index (Phi) is 1.56. The predicted octanol–water partition coefficient (Wildman–Crippen LogP) is 1.74. The van der Waals surface area contributed by atoms with Gasteiger partial charge in [0.2, 0.25) is 0 Å². The van der Waals surface area contributed by atoms with Gasteiger partial charge >= 0.3 is 0 Å². The van der Waals surface area contributed by atoms with Crippen LogP contribution < -0.4 is 5.56 Å². The highest BCUT2D eigenvalue weighted by Crippen LogP contribution is 2.17. The number of rotatable bonds is 0. The maximum absolute atomic E-state index is 11.4. The number of benzene rings is 1. The Hall–Kier alpha value is -2.23. The van der Waals surface area contributed by atoms with Crippen molar-refractivity contribution in [2.45, 2.75) is 0 Å². The topological polar surface area (TPSA) is 56.0 Å². The van der Waals surface area contributed by atoms with Crippen molar-refractivity contribution in [2.24, 2.45) is 0 Å². The highest BCUT2D eigenvalue weighted by atomic mass is 16.3. The number of hydrogen-bond donors (Lipinski definition) is 0. The molecule has 0 N–H and O–H groups in total. The highest BCUT2D eigenvalue weighted by Gasteiger charge is 2.03. The van der Waals surface area contributed by atoms with Gasteiger partial charge in [-0.2, -0.15) is 4.98 Å². The van der Waals surface area contributed by atoms with Gasteiger partial charge in [-0.05, 0) is 12.1 Å². The molecule has 1 aromatic carbocycles. The normalized spacial score (nSPS) is 10.9. The molecule has 3 rings (SSSR count). The second-order valence-electron chi connectivity index (χ2n) is 3.20. The minimum Gasteiger partial charge on any atom is -0.445 e. The summed E-state index contributed by atoms with van der Waals surface area (Å²) in [6.45, 7) is 0. The molecule has 0 aliphatic carbocycles. The molecular weight excluding hydrogens is 192 g/mol. The van der Waals surface area contributed by atoms with Crippen LogP contribution in [0.1, 0.15) is 0 Å². The largest absolute Gasteiger partial charge is 0.445 e. The molecule has 0 unspecified atom stereocenters. The van der Waals surface area contributed by atoms with Gasteiger partial charge in [0.25, 0.3) is 5.56 Å². The van der Waals surface area contributed by atoms with E-state index in [0.717, 1.165) is 17.3 Å². The lowest BCUT2D eigenvalue weighted by atomic mass is 10.1. The first-order valence-corrected chi connectivity index (χ1v) is 4.47. The molecule has 0 aliphatic heterocycles. The number of fused-ring (bicyclic) bond motifs is 2. The Morgan fingerprint density at radius 1 is 1.20 bits per heavy atom. The van der Waals surface area contributed by atoms with Gasteiger partial charge in [-0.25, -0.2) is 0 Å².